The van der Waals surface area contributed by atoms with Gasteiger partial charge in [-0.15, -0.1) is 0 Å². The minimum Gasteiger partial charge on any atom is -0.481 e. The van der Waals surface area contributed by atoms with E-state index in [1.165, 1.54) is 6.42 Å². The smallest absolute Gasteiger partial charge is 0.213 e. The predicted molar refractivity (Wildman–Crippen MR) is 68.6 cm³/mol. The fourth-order valence-electron chi connectivity index (χ4n) is 2.29. The Balaban J connectivity index is 1.77. The normalized spacial score (nSPS) is 20.9. The molecule has 0 saturated carbocycles. The van der Waals surface area contributed by atoms with Crippen molar-refractivity contribution >= 4 is 0 Å². The standard InChI is InChI=1S/C14H21NO3/c1-17-14-9-3-7-12(15-14)13(16)8-2-5-11-6-4-10-18-11/h3,7,9,11,13,16H,2,4-6,8,10H2,1H3. The van der Waals surface area contributed by atoms with Crippen molar-refractivity contribution in [2.45, 2.75) is 44.3 Å². The largest absolute Gasteiger partial charge is 0.481 e. The number of aliphatic hydroxyl groups excluding tert-OH is 1. The summed E-state index contributed by atoms with van der Waals surface area (Å²) in [7, 11) is 1.58. The second kappa shape index (κ2) is 6.71. The molecule has 18 heavy (non-hydrogen) atoms. The van der Waals surface area contributed by atoms with Gasteiger partial charge in [-0.05, 0) is 38.2 Å². The van der Waals surface area contributed by atoms with Gasteiger partial charge in [0.15, 0.2) is 0 Å². The van der Waals surface area contributed by atoms with E-state index < -0.39 is 6.10 Å². The number of rotatable bonds is 6. The van der Waals surface area contributed by atoms with E-state index in [0.717, 1.165) is 32.3 Å². The Morgan fingerprint density at radius 2 is 2.44 bits per heavy atom. The van der Waals surface area contributed by atoms with Gasteiger partial charge in [-0.3, -0.25) is 0 Å². The molecular formula is C14H21NO3. The van der Waals surface area contributed by atoms with E-state index in [1.807, 2.05) is 12.1 Å². The molecule has 2 rings (SSSR count). The first-order valence-corrected chi connectivity index (χ1v) is 6.60. The summed E-state index contributed by atoms with van der Waals surface area (Å²) < 4.78 is 10.6. The molecular weight excluding hydrogens is 230 g/mol. The highest BCUT2D eigenvalue weighted by Gasteiger charge is 2.16. The van der Waals surface area contributed by atoms with E-state index in [1.54, 1.807) is 13.2 Å². The van der Waals surface area contributed by atoms with Gasteiger partial charge in [0.2, 0.25) is 5.88 Å². The highest BCUT2D eigenvalue weighted by atomic mass is 16.5. The molecule has 1 saturated heterocycles. The van der Waals surface area contributed by atoms with Crippen LogP contribution < -0.4 is 4.74 Å². The number of aromatic nitrogens is 1. The van der Waals surface area contributed by atoms with Gasteiger partial charge in [0, 0.05) is 12.7 Å². The summed E-state index contributed by atoms with van der Waals surface area (Å²) in [5.41, 5.74) is 0.682. The second-order valence-electron chi connectivity index (χ2n) is 4.69. The van der Waals surface area contributed by atoms with Crippen molar-refractivity contribution < 1.29 is 14.6 Å². The molecule has 0 bridgehead atoms. The Morgan fingerprint density at radius 1 is 1.56 bits per heavy atom. The molecule has 2 heterocycles. The molecule has 1 aromatic rings. The maximum atomic E-state index is 10.1. The lowest BCUT2D eigenvalue weighted by Crippen LogP contribution is -2.07. The summed E-state index contributed by atoms with van der Waals surface area (Å²) in [6.07, 6.45) is 4.93. The van der Waals surface area contributed by atoms with Crippen LogP contribution in [0.4, 0.5) is 0 Å². The maximum absolute atomic E-state index is 10.1. The van der Waals surface area contributed by atoms with Crippen LogP contribution in [0.25, 0.3) is 0 Å². The lowest BCUT2D eigenvalue weighted by atomic mass is 10.0. The highest BCUT2D eigenvalue weighted by molar-refractivity contribution is 5.17. The molecule has 0 radical (unpaired) electrons. The van der Waals surface area contributed by atoms with E-state index >= 15 is 0 Å². The topological polar surface area (TPSA) is 51.6 Å². The molecule has 2 atom stereocenters. The highest BCUT2D eigenvalue weighted by Crippen LogP contribution is 2.23. The number of nitrogens with zero attached hydrogens (tertiary/aromatic N) is 1. The Morgan fingerprint density at radius 3 is 3.17 bits per heavy atom. The third kappa shape index (κ3) is 3.68. The predicted octanol–water partition coefficient (Wildman–Crippen LogP) is 2.47. The summed E-state index contributed by atoms with van der Waals surface area (Å²) in [6.45, 7) is 0.894. The van der Waals surface area contributed by atoms with E-state index in [2.05, 4.69) is 4.98 Å². The molecule has 0 amide bonds. The van der Waals surface area contributed by atoms with Crippen LogP contribution in [-0.4, -0.2) is 29.9 Å². The first-order valence-electron chi connectivity index (χ1n) is 6.60. The molecule has 100 valence electrons. The molecule has 0 aliphatic carbocycles. The molecule has 1 fully saturated rings. The zero-order valence-corrected chi connectivity index (χ0v) is 10.8. The van der Waals surface area contributed by atoms with Crippen LogP contribution in [0.15, 0.2) is 18.2 Å². The molecule has 4 nitrogen and oxygen atoms in total. The SMILES string of the molecule is COc1cccc(C(O)CCCC2CCCO2)n1. The van der Waals surface area contributed by atoms with Gasteiger partial charge >= 0.3 is 0 Å². The first kappa shape index (κ1) is 13.3. The number of aliphatic hydroxyl groups is 1. The molecule has 0 spiro atoms. The average Bonchev–Trinajstić information content (AvgIpc) is 2.92. The molecule has 4 heteroatoms. The lowest BCUT2D eigenvalue weighted by molar-refractivity contribution is 0.0938. The molecule has 1 aliphatic heterocycles. The van der Waals surface area contributed by atoms with Crippen LogP contribution in [0.3, 0.4) is 0 Å². The lowest BCUT2D eigenvalue weighted by Gasteiger charge is -2.13. The Labute approximate surface area is 108 Å². The van der Waals surface area contributed by atoms with Gasteiger partial charge in [-0.1, -0.05) is 6.07 Å². The van der Waals surface area contributed by atoms with Crippen LogP contribution in [0, 0.1) is 0 Å². The van der Waals surface area contributed by atoms with Gasteiger partial charge in [-0.2, -0.15) is 0 Å². The monoisotopic (exact) mass is 251 g/mol. The minimum absolute atomic E-state index is 0.399. The zero-order chi connectivity index (χ0) is 12.8. The van der Waals surface area contributed by atoms with Crippen molar-refractivity contribution in [2.24, 2.45) is 0 Å². The van der Waals surface area contributed by atoms with Crippen molar-refractivity contribution in [1.29, 1.82) is 0 Å². The Hall–Kier alpha value is -1.13. The molecule has 0 aromatic carbocycles. The first-order chi connectivity index (χ1) is 8.79. The zero-order valence-electron chi connectivity index (χ0n) is 10.8. The van der Waals surface area contributed by atoms with Crippen molar-refractivity contribution in [2.75, 3.05) is 13.7 Å². The number of ether oxygens (including phenoxy) is 2. The van der Waals surface area contributed by atoms with Crippen molar-refractivity contribution in [3.05, 3.63) is 23.9 Å². The number of hydrogen-bond acceptors (Lipinski definition) is 4. The minimum atomic E-state index is -0.512. The summed E-state index contributed by atoms with van der Waals surface area (Å²) in [5.74, 6) is 0.547. The van der Waals surface area contributed by atoms with Gasteiger partial charge < -0.3 is 14.6 Å². The number of pyridine rings is 1. The van der Waals surface area contributed by atoms with Crippen LogP contribution in [0.5, 0.6) is 5.88 Å². The van der Waals surface area contributed by atoms with Gasteiger partial charge in [-0.25, -0.2) is 4.98 Å². The van der Waals surface area contributed by atoms with Gasteiger partial charge in [0.1, 0.15) is 0 Å². The Kier molecular flexibility index (Phi) is 4.96. The Bertz CT molecular complexity index is 364. The van der Waals surface area contributed by atoms with E-state index in [0.29, 0.717) is 17.7 Å². The van der Waals surface area contributed by atoms with E-state index in [4.69, 9.17) is 9.47 Å². The molecule has 1 N–H and O–H groups in total. The van der Waals surface area contributed by atoms with E-state index in [9.17, 15) is 5.11 Å². The third-order valence-electron chi connectivity index (χ3n) is 3.32. The summed E-state index contributed by atoms with van der Waals surface area (Å²) >= 11 is 0. The van der Waals surface area contributed by atoms with Crippen LogP contribution in [0.2, 0.25) is 0 Å². The van der Waals surface area contributed by atoms with Crippen molar-refractivity contribution in [3.63, 3.8) is 0 Å². The number of hydrogen-bond donors (Lipinski definition) is 1. The van der Waals surface area contributed by atoms with E-state index in [-0.39, 0.29) is 0 Å². The molecule has 1 aliphatic rings. The molecule has 2 unspecified atom stereocenters. The van der Waals surface area contributed by atoms with Gasteiger partial charge in [0.25, 0.3) is 0 Å². The maximum Gasteiger partial charge on any atom is 0.213 e. The van der Waals surface area contributed by atoms with Gasteiger partial charge in [0.05, 0.1) is 25.0 Å². The summed E-state index contributed by atoms with van der Waals surface area (Å²) in [4.78, 5) is 4.24. The van der Waals surface area contributed by atoms with Crippen LogP contribution in [0.1, 0.15) is 43.9 Å². The van der Waals surface area contributed by atoms with Crippen LogP contribution in [-0.2, 0) is 4.74 Å². The van der Waals surface area contributed by atoms with Crippen molar-refractivity contribution in [1.82, 2.24) is 4.98 Å². The quantitative estimate of drug-likeness (QED) is 0.844. The third-order valence-corrected chi connectivity index (χ3v) is 3.32. The number of methoxy groups -OCH3 is 1. The van der Waals surface area contributed by atoms with Crippen LogP contribution >= 0.6 is 0 Å². The fraction of sp³-hybridized carbons (Fsp3) is 0.643. The second-order valence-corrected chi connectivity index (χ2v) is 4.69. The van der Waals surface area contributed by atoms with Crippen molar-refractivity contribution in [3.8, 4) is 5.88 Å². The fourth-order valence-corrected chi connectivity index (χ4v) is 2.29. The summed E-state index contributed by atoms with van der Waals surface area (Å²) in [6, 6.07) is 5.46. The molecule has 1 aromatic heterocycles. The average molecular weight is 251 g/mol. The summed E-state index contributed by atoms with van der Waals surface area (Å²) in [5, 5.41) is 10.1.